The SMILES string of the molecule is O=C(c1ccccc1Cl)N1CCN(c2nccs2)CC1. The van der Waals surface area contributed by atoms with Crippen molar-refractivity contribution in [2.75, 3.05) is 31.1 Å². The summed E-state index contributed by atoms with van der Waals surface area (Å²) in [6.45, 7) is 3.01. The first kappa shape index (κ1) is 13.4. The van der Waals surface area contributed by atoms with E-state index in [1.54, 1.807) is 29.7 Å². The van der Waals surface area contributed by atoms with Crippen LogP contribution in [0, 0.1) is 0 Å². The van der Waals surface area contributed by atoms with Gasteiger partial charge in [0.2, 0.25) is 0 Å². The minimum Gasteiger partial charge on any atom is -0.345 e. The molecule has 0 unspecified atom stereocenters. The van der Waals surface area contributed by atoms with E-state index in [9.17, 15) is 4.79 Å². The molecule has 20 heavy (non-hydrogen) atoms. The summed E-state index contributed by atoms with van der Waals surface area (Å²) in [5, 5.41) is 3.51. The van der Waals surface area contributed by atoms with Crippen molar-refractivity contribution < 1.29 is 4.79 Å². The second-order valence-electron chi connectivity index (χ2n) is 4.57. The number of hydrogen-bond donors (Lipinski definition) is 0. The fourth-order valence-electron chi connectivity index (χ4n) is 2.28. The molecule has 0 bridgehead atoms. The Bertz CT molecular complexity index is 594. The van der Waals surface area contributed by atoms with Crippen molar-refractivity contribution in [3.05, 3.63) is 46.4 Å². The van der Waals surface area contributed by atoms with Crippen molar-refractivity contribution >= 4 is 34.0 Å². The molecule has 2 heterocycles. The number of hydrogen-bond acceptors (Lipinski definition) is 4. The molecule has 0 aliphatic carbocycles. The van der Waals surface area contributed by atoms with Gasteiger partial charge in [0.25, 0.3) is 5.91 Å². The van der Waals surface area contributed by atoms with Crippen molar-refractivity contribution in [1.29, 1.82) is 0 Å². The molecule has 1 saturated heterocycles. The highest BCUT2D eigenvalue weighted by Crippen LogP contribution is 2.21. The molecule has 6 heteroatoms. The van der Waals surface area contributed by atoms with Gasteiger partial charge in [0.15, 0.2) is 5.13 Å². The number of benzene rings is 1. The molecule has 1 fully saturated rings. The lowest BCUT2D eigenvalue weighted by Crippen LogP contribution is -2.48. The van der Waals surface area contributed by atoms with Gasteiger partial charge in [-0.05, 0) is 12.1 Å². The van der Waals surface area contributed by atoms with Crippen LogP contribution in [0.5, 0.6) is 0 Å². The zero-order valence-electron chi connectivity index (χ0n) is 10.8. The Morgan fingerprint density at radius 1 is 1.20 bits per heavy atom. The van der Waals surface area contributed by atoms with E-state index in [0.29, 0.717) is 23.7 Å². The van der Waals surface area contributed by atoms with Crippen molar-refractivity contribution in [3.8, 4) is 0 Å². The summed E-state index contributed by atoms with van der Waals surface area (Å²) in [5.74, 6) is 0.00869. The molecule has 1 amide bonds. The van der Waals surface area contributed by atoms with E-state index in [2.05, 4.69) is 9.88 Å². The number of anilines is 1. The molecule has 0 atom stereocenters. The molecule has 1 aliphatic rings. The van der Waals surface area contributed by atoms with E-state index < -0.39 is 0 Å². The van der Waals surface area contributed by atoms with E-state index in [4.69, 9.17) is 11.6 Å². The Morgan fingerprint density at radius 3 is 2.60 bits per heavy atom. The fourth-order valence-corrected chi connectivity index (χ4v) is 3.19. The molecule has 0 N–H and O–H groups in total. The zero-order chi connectivity index (χ0) is 13.9. The van der Waals surface area contributed by atoms with Gasteiger partial charge in [-0.2, -0.15) is 0 Å². The monoisotopic (exact) mass is 307 g/mol. The number of amides is 1. The maximum absolute atomic E-state index is 12.4. The molecule has 1 aliphatic heterocycles. The van der Waals surface area contributed by atoms with E-state index in [0.717, 1.165) is 18.2 Å². The summed E-state index contributed by atoms with van der Waals surface area (Å²) in [6.07, 6.45) is 1.81. The Morgan fingerprint density at radius 2 is 1.95 bits per heavy atom. The number of carbonyl (C=O) groups is 1. The first-order valence-electron chi connectivity index (χ1n) is 6.44. The van der Waals surface area contributed by atoms with Crippen molar-refractivity contribution in [1.82, 2.24) is 9.88 Å². The second kappa shape index (κ2) is 5.81. The zero-order valence-corrected chi connectivity index (χ0v) is 12.4. The maximum atomic E-state index is 12.4. The number of carbonyl (C=O) groups excluding carboxylic acids is 1. The highest BCUT2D eigenvalue weighted by Gasteiger charge is 2.24. The summed E-state index contributed by atoms with van der Waals surface area (Å²) in [7, 11) is 0. The minimum absolute atomic E-state index is 0.00869. The number of thiazole rings is 1. The molecule has 1 aromatic heterocycles. The molecule has 0 spiro atoms. The van der Waals surface area contributed by atoms with Crippen molar-refractivity contribution in [2.24, 2.45) is 0 Å². The lowest BCUT2D eigenvalue weighted by molar-refractivity contribution is 0.0747. The van der Waals surface area contributed by atoms with Crippen molar-refractivity contribution in [2.45, 2.75) is 0 Å². The second-order valence-corrected chi connectivity index (χ2v) is 5.85. The standard InChI is InChI=1S/C14H14ClN3OS/c15-12-4-2-1-3-11(12)13(19)17-6-8-18(9-7-17)14-16-5-10-20-14/h1-5,10H,6-9H2. The maximum Gasteiger partial charge on any atom is 0.255 e. The van der Waals surface area contributed by atoms with Crippen LogP contribution in [-0.4, -0.2) is 42.0 Å². The number of halogens is 1. The highest BCUT2D eigenvalue weighted by atomic mass is 35.5. The first-order valence-corrected chi connectivity index (χ1v) is 7.70. The molecule has 0 saturated carbocycles. The Hall–Kier alpha value is -1.59. The molecule has 1 aromatic carbocycles. The molecule has 2 aromatic rings. The Labute approximate surface area is 126 Å². The molecular formula is C14H14ClN3OS. The summed E-state index contributed by atoms with van der Waals surface area (Å²) in [5.41, 5.74) is 0.580. The summed E-state index contributed by atoms with van der Waals surface area (Å²) in [4.78, 5) is 20.8. The van der Waals surface area contributed by atoms with Crippen LogP contribution < -0.4 is 4.90 Å². The van der Waals surface area contributed by atoms with Crippen LogP contribution in [0.1, 0.15) is 10.4 Å². The van der Waals surface area contributed by atoms with Crippen LogP contribution in [0.4, 0.5) is 5.13 Å². The first-order chi connectivity index (χ1) is 9.75. The fraction of sp³-hybridized carbons (Fsp3) is 0.286. The smallest absolute Gasteiger partial charge is 0.255 e. The Balaban J connectivity index is 1.66. The predicted octanol–water partition coefficient (Wildman–Crippen LogP) is 2.76. The van der Waals surface area contributed by atoms with Gasteiger partial charge in [-0.3, -0.25) is 4.79 Å². The van der Waals surface area contributed by atoms with Crippen molar-refractivity contribution in [3.63, 3.8) is 0 Å². The minimum atomic E-state index is 0.00869. The lowest BCUT2D eigenvalue weighted by atomic mass is 10.2. The van der Waals surface area contributed by atoms with E-state index >= 15 is 0 Å². The number of nitrogens with zero attached hydrogens (tertiary/aromatic N) is 3. The molecule has 104 valence electrons. The number of piperazine rings is 1. The molecule has 0 radical (unpaired) electrons. The Kier molecular flexibility index (Phi) is 3.89. The predicted molar refractivity (Wildman–Crippen MR) is 81.7 cm³/mol. The lowest BCUT2D eigenvalue weighted by Gasteiger charge is -2.34. The average molecular weight is 308 g/mol. The highest BCUT2D eigenvalue weighted by molar-refractivity contribution is 7.13. The topological polar surface area (TPSA) is 36.4 Å². The summed E-state index contributed by atoms with van der Waals surface area (Å²) < 4.78 is 0. The molecular weight excluding hydrogens is 294 g/mol. The van der Waals surface area contributed by atoms with E-state index in [1.165, 1.54) is 0 Å². The van der Waals surface area contributed by atoms with Crippen LogP contribution in [0.15, 0.2) is 35.8 Å². The van der Waals surface area contributed by atoms with Gasteiger partial charge >= 0.3 is 0 Å². The van der Waals surface area contributed by atoms with E-state index in [-0.39, 0.29) is 5.91 Å². The number of rotatable bonds is 2. The van der Waals surface area contributed by atoms with Gasteiger partial charge in [-0.15, -0.1) is 11.3 Å². The van der Waals surface area contributed by atoms with Gasteiger partial charge in [-0.1, -0.05) is 23.7 Å². The van der Waals surface area contributed by atoms with Crippen LogP contribution in [0.25, 0.3) is 0 Å². The third-order valence-corrected chi connectivity index (χ3v) is 4.52. The normalized spacial score (nSPS) is 15.4. The number of aromatic nitrogens is 1. The average Bonchev–Trinajstić information content (AvgIpc) is 3.01. The van der Waals surface area contributed by atoms with Gasteiger partial charge in [0, 0.05) is 37.8 Å². The quantitative estimate of drug-likeness (QED) is 0.856. The van der Waals surface area contributed by atoms with Gasteiger partial charge in [-0.25, -0.2) is 4.98 Å². The van der Waals surface area contributed by atoms with Gasteiger partial charge < -0.3 is 9.80 Å². The van der Waals surface area contributed by atoms with Crippen LogP contribution in [0.2, 0.25) is 5.02 Å². The summed E-state index contributed by atoms with van der Waals surface area (Å²) >= 11 is 7.71. The van der Waals surface area contributed by atoms with Crippen LogP contribution >= 0.6 is 22.9 Å². The van der Waals surface area contributed by atoms with E-state index in [1.807, 2.05) is 22.4 Å². The van der Waals surface area contributed by atoms with Gasteiger partial charge in [0.1, 0.15) is 0 Å². The van der Waals surface area contributed by atoms with Gasteiger partial charge in [0.05, 0.1) is 10.6 Å². The molecule has 3 rings (SSSR count). The third-order valence-electron chi connectivity index (χ3n) is 3.36. The van der Waals surface area contributed by atoms with Crippen LogP contribution in [-0.2, 0) is 0 Å². The van der Waals surface area contributed by atoms with Crippen LogP contribution in [0.3, 0.4) is 0 Å². The largest absolute Gasteiger partial charge is 0.345 e. The third kappa shape index (κ3) is 2.64. The summed E-state index contributed by atoms with van der Waals surface area (Å²) in [6, 6.07) is 7.20. The molecule has 4 nitrogen and oxygen atoms in total.